The number of amides is 1. The maximum atomic E-state index is 13.4. The van der Waals surface area contributed by atoms with Gasteiger partial charge in [-0.05, 0) is 36.8 Å². The Bertz CT molecular complexity index is 1040. The summed E-state index contributed by atoms with van der Waals surface area (Å²) in [6, 6.07) is 13.8. The third-order valence-electron chi connectivity index (χ3n) is 5.25. The van der Waals surface area contributed by atoms with E-state index in [1.165, 1.54) is 23.9 Å². The van der Waals surface area contributed by atoms with E-state index in [-0.39, 0.29) is 17.8 Å². The Morgan fingerprint density at radius 3 is 2.66 bits per heavy atom. The van der Waals surface area contributed by atoms with Gasteiger partial charge in [0.05, 0.1) is 30.6 Å². The number of morpholine rings is 1. The van der Waals surface area contributed by atoms with Gasteiger partial charge >= 0.3 is 0 Å². The molecule has 0 radical (unpaired) electrons. The summed E-state index contributed by atoms with van der Waals surface area (Å²) in [5, 5.41) is 6.87. The summed E-state index contributed by atoms with van der Waals surface area (Å²) in [6.07, 6.45) is 0. The number of rotatable bonds is 8. The van der Waals surface area contributed by atoms with E-state index in [0.29, 0.717) is 42.8 Å². The Labute approximate surface area is 190 Å². The number of nitrogens with one attached hydrogen (secondary N) is 1. The number of hydrogen-bond donors (Lipinski definition) is 1. The van der Waals surface area contributed by atoms with E-state index in [0.717, 1.165) is 23.5 Å². The second kappa shape index (κ2) is 10.7. The molecular weight excluding hydrogens is 431 g/mol. The van der Waals surface area contributed by atoms with Crippen molar-refractivity contribution in [1.29, 1.82) is 0 Å². The van der Waals surface area contributed by atoms with Crippen LogP contribution in [0.15, 0.2) is 57.9 Å². The van der Waals surface area contributed by atoms with Crippen LogP contribution in [-0.4, -0.2) is 53.8 Å². The molecular formula is C23H25FN4O3S. The van der Waals surface area contributed by atoms with Crippen molar-refractivity contribution in [3.05, 3.63) is 77.2 Å². The average molecular weight is 457 g/mol. The summed E-state index contributed by atoms with van der Waals surface area (Å²) >= 11 is 1.48. The molecule has 0 aliphatic carbocycles. The fourth-order valence-electron chi connectivity index (χ4n) is 3.63. The number of halogens is 1. The van der Waals surface area contributed by atoms with Crippen molar-refractivity contribution in [1.82, 2.24) is 20.4 Å². The molecule has 7 nitrogen and oxygen atoms in total. The molecule has 3 aromatic rings. The van der Waals surface area contributed by atoms with Crippen molar-refractivity contribution in [2.75, 3.05) is 32.8 Å². The van der Waals surface area contributed by atoms with Crippen LogP contribution in [0.25, 0.3) is 0 Å². The van der Waals surface area contributed by atoms with Gasteiger partial charge in [-0.15, -0.1) is 11.8 Å². The summed E-state index contributed by atoms with van der Waals surface area (Å²) < 4.78 is 24.1. The maximum Gasteiger partial charge on any atom is 0.252 e. The lowest BCUT2D eigenvalue weighted by Crippen LogP contribution is -2.43. The standard InChI is InChI=1S/C23H25FN4O3S/c1-16-26-22(31-27-16)15-32-21-5-3-2-4-19(21)23(29)25-14-20(28-10-12-30-13-11-28)17-6-8-18(24)9-7-17/h2-9,20H,10-15H2,1H3,(H,25,29). The molecule has 0 spiro atoms. The highest BCUT2D eigenvalue weighted by Gasteiger charge is 2.24. The van der Waals surface area contributed by atoms with Crippen LogP contribution in [0, 0.1) is 12.7 Å². The van der Waals surface area contributed by atoms with E-state index in [4.69, 9.17) is 9.26 Å². The molecule has 9 heteroatoms. The lowest BCUT2D eigenvalue weighted by atomic mass is 10.0. The number of hydrogen-bond acceptors (Lipinski definition) is 7. The van der Waals surface area contributed by atoms with Gasteiger partial charge in [0.25, 0.3) is 5.91 Å². The van der Waals surface area contributed by atoms with Gasteiger partial charge in [-0.1, -0.05) is 29.4 Å². The molecule has 1 amide bonds. The lowest BCUT2D eigenvalue weighted by Gasteiger charge is -2.35. The molecule has 168 valence electrons. The molecule has 1 N–H and O–H groups in total. The predicted molar refractivity (Wildman–Crippen MR) is 119 cm³/mol. The van der Waals surface area contributed by atoms with E-state index in [1.54, 1.807) is 25.1 Å². The van der Waals surface area contributed by atoms with E-state index in [2.05, 4.69) is 20.4 Å². The summed E-state index contributed by atoms with van der Waals surface area (Å²) in [4.78, 5) is 20.4. The van der Waals surface area contributed by atoms with Crippen LogP contribution in [-0.2, 0) is 10.5 Å². The largest absolute Gasteiger partial charge is 0.379 e. The number of benzene rings is 2. The number of thioether (sulfide) groups is 1. The zero-order valence-electron chi connectivity index (χ0n) is 17.8. The quantitative estimate of drug-likeness (QED) is 0.519. The minimum Gasteiger partial charge on any atom is -0.379 e. The molecule has 4 rings (SSSR count). The summed E-state index contributed by atoms with van der Waals surface area (Å²) in [5.74, 6) is 1.15. The Hall–Kier alpha value is -2.75. The second-order valence-corrected chi connectivity index (χ2v) is 8.46. The molecule has 2 aromatic carbocycles. The van der Waals surface area contributed by atoms with Crippen LogP contribution < -0.4 is 5.32 Å². The minimum absolute atomic E-state index is 0.0652. The molecule has 0 saturated carbocycles. The fourth-order valence-corrected chi connectivity index (χ4v) is 4.52. The smallest absolute Gasteiger partial charge is 0.252 e. The molecule has 1 unspecified atom stereocenters. The Morgan fingerprint density at radius 2 is 1.94 bits per heavy atom. The predicted octanol–water partition coefficient (Wildman–Crippen LogP) is 3.61. The van der Waals surface area contributed by atoms with Gasteiger partial charge in [-0.25, -0.2) is 4.39 Å². The van der Waals surface area contributed by atoms with Crippen molar-refractivity contribution in [2.24, 2.45) is 0 Å². The number of nitrogens with zero attached hydrogens (tertiary/aromatic N) is 3. The maximum absolute atomic E-state index is 13.4. The lowest BCUT2D eigenvalue weighted by molar-refractivity contribution is 0.0162. The van der Waals surface area contributed by atoms with Gasteiger partial charge in [0, 0.05) is 24.5 Å². The van der Waals surface area contributed by atoms with Crippen LogP contribution in [0.1, 0.15) is 33.7 Å². The number of aromatic nitrogens is 2. The minimum atomic E-state index is -0.277. The highest BCUT2D eigenvalue weighted by atomic mass is 32.2. The number of carbonyl (C=O) groups is 1. The molecule has 32 heavy (non-hydrogen) atoms. The summed E-state index contributed by atoms with van der Waals surface area (Å²) in [6.45, 7) is 4.97. The molecule has 1 aliphatic heterocycles. The van der Waals surface area contributed by atoms with Crippen LogP contribution in [0.5, 0.6) is 0 Å². The first-order chi connectivity index (χ1) is 15.6. The second-order valence-electron chi connectivity index (χ2n) is 7.45. The molecule has 1 aromatic heterocycles. The molecule has 1 aliphatic rings. The fraction of sp³-hybridized carbons (Fsp3) is 0.348. The van der Waals surface area contributed by atoms with Crippen LogP contribution in [0.2, 0.25) is 0 Å². The van der Waals surface area contributed by atoms with Crippen LogP contribution in [0.4, 0.5) is 4.39 Å². The first-order valence-corrected chi connectivity index (χ1v) is 11.4. The SMILES string of the molecule is Cc1noc(CSc2ccccc2C(=O)NCC(c2ccc(F)cc2)N2CCOCC2)n1. The van der Waals surface area contributed by atoms with Gasteiger partial charge in [-0.3, -0.25) is 9.69 Å². The number of ether oxygens (including phenoxy) is 1. The highest BCUT2D eigenvalue weighted by Crippen LogP contribution is 2.26. The topological polar surface area (TPSA) is 80.5 Å². The van der Waals surface area contributed by atoms with E-state index in [1.807, 2.05) is 18.2 Å². The third kappa shape index (κ3) is 5.73. The van der Waals surface area contributed by atoms with Gasteiger partial charge < -0.3 is 14.6 Å². The molecule has 0 bridgehead atoms. The molecule has 1 saturated heterocycles. The summed E-state index contributed by atoms with van der Waals surface area (Å²) in [5.41, 5.74) is 1.55. The normalized spacial score (nSPS) is 15.4. The monoisotopic (exact) mass is 456 g/mol. The van der Waals surface area contributed by atoms with Crippen molar-refractivity contribution in [2.45, 2.75) is 23.6 Å². The number of aryl methyl sites for hydroxylation is 1. The molecule has 1 fully saturated rings. The van der Waals surface area contributed by atoms with Gasteiger partial charge in [0.2, 0.25) is 5.89 Å². The first kappa shape index (κ1) is 22.4. The van der Waals surface area contributed by atoms with E-state index < -0.39 is 0 Å². The highest BCUT2D eigenvalue weighted by molar-refractivity contribution is 7.98. The van der Waals surface area contributed by atoms with E-state index >= 15 is 0 Å². The Morgan fingerprint density at radius 1 is 1.19 bits per heavy atom. The van der Waals surface area contributed by atoms with Crippen molar-refractivity contribution >= 4 is 17.7 Å². The average Bonchev–Trinajstić information content (AvgIpc) is 3.25. The Balaban J connectivity index is 1.45. The van der Waals surface area contributed by atoms with Crippen LogP contribution >= 0.6 is 11.8 Å². The van der Waals surface area contributed by atoms with Crippen LogP contribution in [0.3, 0.4) is 0 Å². The Kier molecular flexibility index (Phi) is 7.51. The van der Waals surface area contributed by atoms with Crippen molar-refractivity contribution in [3.8, 4) is 0 Å². The molecule has 1 atom stereocenters. The van der Waals surface area contributed by atoms with Gasteiger partial charge in [0.15, 0.2) is 5.82 Å². The van der Waals surface area contributed by atoms with Crippen molar-refractivity contribution in [3.63, 3.8) is 0 Å². The van der Waals surface area contributed by atoms with Gasteiger partial charge in [0.1, 0.15) is 5.82 Å². The van der Waals surface area contributed by atoms with E-state index in [9.17, 15) is 9.18 Å². The summed E-state index contributed by atoms with van der Waals surface area (Å²) in [7, 11) is 0. The zero-order chi connectivity index (χ0) is 22.3. The third-order valence-corrected chi connectivity index (χ3v) is 6.31. The first-order valence-electron chi connectivity index (χ1n) is 10.5. The van der Waals surface area contributed by atoms with Gasteiger partial charge in [-0.2, -0.15) is 4.98 Å². The molecule has 2 heterocycles. The van der Waals surface area contributed by atoms with Crippen molar-refractivity contribution < 1.29 is 18.4 Å². The zero-order valence-corrected chi connectivity index (χ0v) is 18.6. The number of carbonyl (C=O) groups excluding carboxylic acids is 1.